The molecule has 0 radical (unpaired) electrons. The molecule has 0 unspecified atom stereocenters. The lowest BCUT2D eigenvalue weighted by atomic mass is 10.1. The number of nitrogens with zero attached hydrogens (tertiary/aromatic N) is 5. The second-order valence-electron chi connectivity index (χ2n) is 7.73. The largest absolute Gasteiger partial charge is 0.418 e. The minimum Gasteiger partial charge on any atom is -0.324 e. The van der Waals surface area contributed by atoms with Gasteiger partial charge in [-0.2, -0.15) is 13.2 Å². The van der Waals surface area contributed by atoms with Gasteiger partial charge in [0.25, 0.3) is 0 Å². The molecule has 1 aliphatic rings. The van der Waals surface area contributed by atoms with E-state index >= 15 is 0 Å². The summed E-state index contributed by atoms with van der Waals surface area (Å²) in [7, 11) is 0. The number of nitrogens with one attached hydrogen (secondary N) is 1. The highest BCUT2D eigenvalue weighted by Gasteiger charge is 2.33. The van der Waals surface area contributed by atoms with E-state index in [1.54, 1.807) is 16.9 Å². The first kappa shape index (κ1) is 23.2. The zero-order chi connectivity index (χ0) is 23.4. The van der Waals surface area contributed by atoms with Crippen LogP contribution in [-0.2, 0) is 17.5 Å². The van der Waals surface area contributed by atoms with Crippen LogP contribution >= 0.6 is 11.6 Å². The van der Waals surface area contributed by atoms with Crippen molar-refractivity contribution in [2.24, 2.45) is 0 Å². The SMILES string of the molecule is O=C(CN1CCN(Cc2cnnn2-c2ccccc2Cl)CC1)Nc1ccccc1C(F)(F)F. The van der Waals surface area contributed by atoms with E-state index in [-0.39, 0.29) is 12.2 Å². The third-order valence-electron chi connectivity index (χ3n) is 5.42. The molecule has 2 heterocycles. The summed E-state index contributed by atoms with van der Waals surface area (Å²) in [5.74, 6) is -0.471. The fourth-order valence-electron chi connectivity index (χ4n) is 3.76. The number of hydrogen-bond donors (Lipinski definition) is 1. The highest BCUT2D eigenvalue weighted by atomic mass is 35.5. The Hall–Kier alpha value is -2.95. The Morgan fingerprint density at radius 2 is 1.67 bits per heavy atom. The number of hydrogen-bond acceptors (Lipinski definition) is 5. The van der Waals surface area contributed by atoms with Gasteiger partial charge in [-0.15, -0.1) is 5.10 Å². The maximum absolute atomic E-state index is 13.1. The molecule has 1 N–H and O–H groups in total. The first-order valence-corrected chi connectivity index (χ1v) is 10.7. The molecule has 0 spiro atoms. The average molecular weight is 479 g/mol. The minimum atomic E-state index is -4.53. The number of rotatable bonds is 6. The lowest BCUT2D eigenvalue weighted by Gasteiger charge is -2.34. The van der Waals surface area contributed by atoms with Crippen molar-refractivity contribution < 1.29 is 18.0 Å². The Morgan fingerprint density at radius 1 is 1.00 bits per heavy atom. The number of aromatic nitrogens is 3. The van der Waals surface area contributed by atoms with Crippen molar-refractivity contribution in [1.82, 2.24) is 24.8 Å². The number of para-hydroxylation sites is 2. The van der Waals surface area contributed by atoms with Crippen LogP contribution in [0.1, 0.15) is 11.3 Å². The molecule has 174 valence electrons. The summed E-state index contributed by atoms with van der Waals surface area (Å²) in [6.45, 7) is 3.25. The third-order valence-corrected chi connectivity index (χ3v) is 5.74. The molecule has 1 fully saturated rings. The molecular weight excluding hydrogens is 457 g/mol. The van der Waals surface area contributed by atoms with E-state index in [1.165, 1.54) is 18.2 Å². The molecule has 7 nitrogen and oxygen atoms in total. The number of carbonyl (C=O) groups excluding carboxylic acids is 1. The van der Waals surface area contributed by atoms with Gasteiger partial charge in [-0.3, -0.25) is 14.6 Å². The van der Waals surface area contributed by atoms with Gasteiger partial charge in [0, 0.05) is 32.7 Å². The van der Waals surface area contributed by atoms with Crippen LogP contribution in [-0.4, -0.2) is 63.4 Å². The molecule has 0 saturated carbocycles. The first-order valence-electron chi connectivity index (χ1n) is 10.4. The Labute approximate surface area is 193 Å². The predicted octanol–water partition coefficient (Wildman–Crippen LogP) is 3.70. The quantitative estimate of drug-likeness (QED) is 0.585. The predicted molar refractivity (Wildman–Crippen MR) is 118 cm³/mol. The van der Waals surface area contributed by atoms with Crippen molar-refractivity contribution >= 4 is 23.2 Å². The van der Waals surface area contributed by atoms with Gasteiger partial charge in [0.05, 0.1) is 40.4 Å². The monoisotopic (exact) mass is 478 g/mol. The van der Waals surface area contributed by atoms with E-state index in [9.17, 15) is 18.0 Å². The standard InChI is InChI=1S/C22H22ClF3N6O/c23-18-6-2-4-8-20(18)32-16(13-27-29-32)14-30-9-11-31(12-10-30)15-21(33)28-19-7-3-1-5-17(19)22(24,25)26/h1-8,13H,9-12,14-15H2,(H,28,33). The lowest BCUT2D eigenvalue weighted by molar-refractivity contribution is -0.137. The van der Waals surface area contributed by atoms with Gasteiger partial charge in [0.1, 0.15) is 0 Å². The summed E-state index contributed by atoms with van der Waals surface area (Å²) < 4.78 is 41.1. The van der Waals surface area contributed by atoms with Gasteiger partial charge in [0.2, 0.25) is 5.91 Å². The van der Waals surface area contributed by atoms with Crippen LogP contribution in [0.25, 0.3) is 5.69 Å². The average Bonchev–Trinajstić information content (AvgIpc) is 3.23. The van der Waals surface area contributed by atoms with Gasteiger partial charge in [-0.1, -0.05) is 41.1 Å². The van der Waals surface area contributed by atoms with E-state index < -0.39 is 17.6 Å². The highest BCUT2D eigenvalue weighted by molar-refractivity contribution is 6.32. The number of benzene rings is 2. The first-order chi connectivity index (χ1) is 15.8. The number of piperazine rings is 1. The molecule has 1 amide bonds. The Morgan fingerprint density at radius 3 is 2.39 bits per heavy atom. The van der Waals surface area contributed by atoms with E-state index in [0.29, 0.717) is 37.7 Å². The molecule has 0 aliphatic carbocycles. The molecule has 0 atom stereocenters. The van der Waals surface area contributed by atoms with Crippen LogP contribution in [0.4, 0.5) is 18.9 Å². The number of halogens is 4. The third kappa shape index (κ3) is 5.70. The number of alkyl halides is 3. The van der Waals surface area contributed by atoms with Crippen LogP contribution in [0.2, 0.25) is 5.02 Å². The summed E-state index contributed by atoms with van der Waals surface area (Å²) in [5.41, 5.74) is 0.556. The normalized spacial score (nSPS) is 15.5. The van der Waals surface area contributed by atoms with Crippen LogP contribution in [0.3, 0.4) is 0 Å². The molecule has 1 saturated heterocycles. The molecule has 1 aromatic heterocycles. The zero-order valence-corrected chi connectivity index (χ0v) is 18.4. The van der Waals surface area contributed by atoms with Crippen LogP contribution < -0.4 is 5.32 Å². The summed E-state index contributed by atoms with van der Waals surface area (Å²) in [6, 6.07) is 12.4. The summed E-state index contributed by atoms with van der Waals surface area (Å²) in [6.07, 6.45) is -2.83. The van der Waals surface area contributed by atoms with E-state index in [2.05, 4.69) is 20.5 Å². The van der Waals surface area contributed by atoms with E-state index in [0.717, 1.165) is 17.4 Å². The van der Waals surface area contributed by atoms with Gasteiger partial charge in [0.15, 0.2) is 0 Å². The maximum Gasteiger partial charge on any atom is 0.418 e. The van der Waals surface area contributed by atoms with Gasteiger partial charge < -0.3 is 5.32 Å². The van der Waals surface area contributed by atoms with Gasteiger partial charge in [-0.25, -0.2) is 4.68 Å². The molecule has 4 rings (SSSR count). The molecule has 2 aromatic carbocycles. The van der Waals surface area contributed by atoms with Crippen molar-refractivity contribution in [3.63, 3.8) is 0 Å². The minimum absolute atomic E-state index is 0.0269. The van der Waals surface area contributed by atoms with E-state index in [1.807, 2.05) is 23.1 Å². The van der Waals surface area contributed by atoms with Crippen LogP contribution in [0.15, 0.2) is 54.7 Å². The topological polar surface area (TPSA) is 66.3 Å². The fraction of sp³-hybridized carbons (Fsp3) is 0.318. The smallest absolute Gasteiger partial charge is 0.324 e. The number of anilines is 1. The molecule has 0 bridgehead atoms. The van der Waals surface area contributed by atoms with Crippen LogP contribution in [0, 0.1) is 0 Å². The second kappa shape index (κ2) is 9.90. The highest BCUT2D eigenvalue weighted by Crippen LogP contribution is 2.34. The van der Waals surface area contributed by atoms with Crippen molar-refractivity contribution in [3.8, 4) is 5.69 Å². The van der Waals surface area contributed by atoms with E-state index in [4.69, 9.17) is 11.6 Å². The van der Waals surface area contributed by atoms with Crippen molar-refractivity contribution in [2.75, 3.05) is 38.0 Å². The van der Waals surface area contributed by atoms with Crippen LogP contribution in [0.5, 0.6) is 0 Å². The lowest BCUT2D eigenvalue weighted by Crippen LogP contribution is -2.48. The summed E-state index contributed by atoms with van der Waals surface area (Å²) in [4.78, 5) is 16.5. The zero-order valence-electron chi connectivity index (χ0n) is 17.6. The summed E-state index contributed by atoms with van der Waals surface area (Å²) in [5, 5.41) is 11.1. The fourth-order valence-corrected chi connectivity index (χ4v) is 3.97. The van der Waals surface area contributed by atoms with Gasteiger partial charge >= 0.3 is 6.18 Å². The Balaban J connectivity index is 1.31. The molecule has 11 heteroatoms. The Kier molecular flexibility index (Phi) is 6.96. The molecule has 33 heavy (non-hydrogen) atoms. The molecule has 3 aromatic rings. The number of carbonyl (C=O) groups is 1. The van der Waals surface area contributed by atoms with Crippen molar-refractivity contribution in [3.05, 3.63) is 71.0 Å². The maximum atomic E-state index is 13.1. The summed E-state index contributed by atoms with van der Waals surface area (Å²) >= 11 is 6.28. The van der Waals surface area contributed by atoms with Gasteiger partial charge in [-0.05, 0) is 24.3 Å². The van der Waals surface area contributed by atoms with Crippen molar-refractivity contribution in [1.29, 1.82) is 0 Å². The molecular formula is C22H22ClF3N6O. The van der Waals surface area contributed by atoms with Crippen molar-refractivity contribution in [2.45, 2.75) is 12.7 Å². The Bertz CT molecular complexity index is 1110. The number of amides is 1. The molecule has 1 aliphatic heterocycles. The second-order valence-corrected chi connectivity index (χ2v) is 8.14.